The summed E-state index contributed by atoms with van der Waals surface area (Å²) in [6.45, 7) is 11.5. The van der Waals surface area contributed by atoms with E-state index in [1.54, 1.807) is 7.11 Å². The second-order valence-corrected chi connectivity index (χ2v) is 4.88. The summed E-state index contributed by atoms with van der Waals surface area (Å²) in [7, 11) is 1.68. The normalized spacial score (nSPS) is 12.0. The van der Waals surface area contributed by atoms with E-state index in [9.17, 15) is 0 Å². The van der Waals surface area contributed by atoms with Crippen LogP contribution in [0.25, 0.3) is 0 Å². The van der Waals surface area contributed by atoms with Crippen molar-refractivity contribution in [1.82, 2.24) is 15.0 Å². The fraction of sp³-hybridized carbons (Fsp3) is 0.786. The van der Waals surface area contributed by atoms with Gasteiger partial charge in [0, 0.05) is 32.8 Å². The Morgan fingerprint density at radius 2 is 1.76 bits per heavy atom. The van der Waals surface area contributed by atoms with Gasteiger partial charge in [0.25, 0.3) is 0 Å². The molecule has 7 heteroatoms. The van der Waals surface area contributed by atoms with E-state index in [2.05, 4.69) is 51.3 Å². The lowest BCUT2D eigenvalue weighted by Crippen LogP contribution is -2.27. The van der Waals surface area contributed by atoms with E-state index < -0.39 is 0 Å². The lowest BCUT2D eigenvalue weighted by Gasteiger charge is -2.20. The second kappa shape index (κ2) is 9.33. The highest BCUT2D eigenvalue weighted by Gasteiger charge is 2.12. The molecule has 0 radical (unpaired) electrons. The average Bonchev–Trinajstić information content (AvgIpc) is 2.46. The van der Waals surface area contributed by atoms with Crippen LogP contribution in [0.5, 0.6) is 0 Å². The molecule has 0 saturated carbocycles. The Morgan fingerprint density at radius 1 is 1.10 bits per heavy atom. The molecule has 0 saturated heterocycles. The third-order valence-corrected chi connectivity index (χ3v) is 3.00. The van der Waals surface area contributed by atoms with Crippen LogP contribution in [0.2, 0.25) is 0 Å². The van der Waals surface area contributed by atoms with Gasteiger partial charge < -0.3 is 20.3 Å². The van der Waals surface area contributed by atoms with Gasteiger partial charge in [-0.1, -0.05) is 6.92 Å². The Labute approximate surface area is 127 Å². The summed E-state index contributed by atoms with van der Waals surface area (Å²) in [5.41, 5.74) is 0. The van der Waals surface area contributed by atoms with Crippen LogP contribution < -0.4 is 15.5 Å². The lowest BCUT2D eigenvalue weighted by molar-refractivity contribution is 0.190. The Bertz CT molecular complexity index is 410. The van der Waals surface area contributed by atoms with Gasteiger partial charge in [-0.15, -0.1) is 0 Å². The first-order chi connectivity index (χ1) is 10.1. The van der Waals surface area contributed by atoms with Crippen LogP contribution in [0.4, 0.5) is 17.8 Å². The predicted molar refractivity (Wildman–Crippen MR) is 87.1 cm³/mol. The number of nitrogens with one attached hydrogen (secondary N) is 2. The van der Waals surface area contributed by atoms with Gasteiger partial charge in [-0.05, 0) is 27.2 Å². The number of nitrogens with zero attached hydrogens (tertiary/aromatic N) is 4. The first-order valence-electron chi connectivity index (χ1n) is 7.64. The molecule has 7 nitrogen and oxygen atoms in total. The van der Waals surface area contributed by atoms with Crippen LogP contribution in [0, 0.1) is 0 Å². The molecule has 21 heavy (non-hydrogen) atoms. The third kappa shape index (κ3) is 5.71. The Hall–Kier alpha value is -1.63. The summed E-state index contributed by atoms with van der Waals surface area (Å²) in [4.78, 5) is 15.5. The number of methoxy groups -OCH3 is 1. The summed E-state index contributed by atoms with van der Waals surface area (Å²) in [5, 5.41) is 6.47. The van der Waals surface area contributed by atoms with Crippen LogP contribution >= 0.6 is 0 Å². The molecule has 0 aromatic carbocycles. The topological polar surface area (TPSA) is 75.2 Å². The molecular weight excluding hydrogens is 268 g/mol. The van der Waals surface area contributed by atoms with E-state index in [1.165, 1.54) is 0 Å². The maximum atomic E-state index is 5.13. The smallest absolute Gasteiger partial charge is 0.231 e. The molecule has 0 spiro atoms. The summed E-state index contributed by atoms with van der Waals surface area (Å²) in [6, 6.07) is 0.140. The maximum absolute atomic E-state index is 5.13. The average molecular weight is 296 g/mol. The predicted octanol–water partition coefficient (Wildman–Crippen LogP) is 1.99. The SMILES string of the molecule is CCCNc1nc(NC(C)COC)nc(N(CC)CC)n1. The quantitative estimate of drug-likeness (QED) is 0.684. The van der Waals surface area contributed by atoms with Crippen molar-refractivity contribution in [3.8, 4) is 0 Å². The van der Waals surface area contributed by atoms with E-state index in [0.29, 0.717) is 24.5 Å². The fourth-order valence-electron chi connectivity index (χ4n) is 1.91. The van der Waals surface area contributed by atoms with Crippen molar-refractivity contribution in [2.75, 3.05) is 48.9 Å². The molecule has 0 amide bonds. The van der Waals surface area contributed by atoms with Crippen molar-refractivity contribution in [1.29, 1.82) is 0 Å². The van der Waals surface area contributed by atoms with Crippen LogP contribution in [0.3, 0.4) is 0 Å². The van der Waals surface area contributed by atoms with Crippen molar-refractivity contribution in [3.63, 3.8) is 0 Å². The standard InChI is InChI=1S/C14H28N6O/c1-6-9-15-12-17-13(16-11(4)10-21-5)19-14(18-12)20(7-2)8-3/h11H,6-10H2,1-5H3,(H2,15,16,17,18,19). The van der Waals surface area contributed by atoms with Gasteiger partial charge in [-0.3, -0.25) is 0 Å². The highest BCUT2D eigenvalue weighted by atomic mass is 16.5. The van der Waals surface area contributed by atoms with Gasteiger partial charge in [-0.2, -0.15) is 15.0 Å². The summed E-state index contributed by atoms with van der Waals surface area (Å²) < 4.78 is 5.13. The molecule has 1 aromatic rings. The molecule has 0 aliphatic heterocycles. The fourth-order valence-corrected chi connectivity index (χ4v) is 1.91. The summed E-state index contributed by atoms with van der Waals surface area (Å²) in [6.07, 6.45) is 1.02. The van der Waals surface area contributed by atoms with E-state index >= 15 is 0 Å². The largest absolute Gasteiger partial charge is 0.383 e. The van der Waals surface area contributed by atoms with Crippen molar-refractivity contribution in [2.24, 2.45) is 0 Å². The van der Waals surface area contributed by atoms with Crippen LogP contribution in [-0.4, -0.2) is 54.3 Å². The molecule has 120 valence electrons. The van der Waals surface area contributed by atoms with Crippen LogP contribution in [0.1, 0.15) is 34.1 Å². The number of ether oxygens (including phenoxy) is 1. The summed E-state index contributed by atoms with van der Waals surface area (Å²) in [5.74, 6) is 1.89. The first-order valence-corrected chi connectivity index (χ1v) is 7.64. The molecule has 0 aliphatic carbocycles. The molecule has 1 unspecified atom stereocenters. The molecule has 0 bridgehead atoms. The zero-order chi connectivity index (χ0) is 15.7. The molecular formula is C14H28N6O. The van der Waals surface area contributed by atoms with Gasteiger partial charge in [0.05, 0.1) is 6.61 Å². The molecule has 0 aliphatic rings. The van der Waals surface area contributed by atoms with Crippen molar-refractivity contribution in [2.45, 2.75) is 40.2 Å². The third-order valence-electron chi connectivity index (χ3n) is 3.00. The van der Waals surface area contributed by atoms with Crippen molar-refractivity contribution in [3.05, 3.63) is 0 Å². The maximum Gasteiger partial charge on any atom is 0.231 e. The van der Waals surface area contributed by atoms with E-state index in [-0.39, 0.29) is 6.04 Å². The van der Waals surface area contributed by atoms with Gasteiger partial charge in [0.1, 0.15) is 0 Å². The highest BCUT2D eigenvalue weighted by Crippen LogP contribution is 2.14. The van der Waals surface area contributed by atoms with Crippen molar-refractivity contribution < 1.29 is 4.74 Å². The Kier molecular flexibility index (Phi) is 7.74. The first kappa shape index (κ1) is 17.4. The van der Waals surface area contributed by atoms with Gasteiger partial charge in [-0.25, -0.2) is 0 Å². The van der Waals surface area contributed by atoms with Gasteiger partial charge >= 0.3 is 0 Å². The lowest BCUT2D eigenvalue weighted by atomic mass is 10.4. The minimum absolute atomic E-state index is 0.140. The van der Waals surface area contributed by atoms with Gasteiger partial charge in [0.2, 0.25) is 17.8 Å². The molecule has 0 fully saturated rings. The van der Waals surface area contributed by atoms with E-state index in [1.807, 2.05) is 6.92 Å². The van der Waals surface area contributed by atoms with E-state index in [4.69, 9.17) is 4.74 Å². The number of hydrogen-bond donors (Lipinski definition) is 2. The van der Waals surface area contributed by atoms with Crippen LogP contribution in [-0.2, 0) is 4.74 Å². The number of hydrogen-bond acceptors (Lipinski definition) is 7. The molecule has 1 atom stereocenters. The monoisotopic (exact) mass is 296 g/mol. The minimum atomic E-state index is 0.140. The molecule has 1 aromatic heterocycles. The zero-order valence-corrected chi connectivity index (χ0v) is 13.8. The minimum Gasteiger partial charge on any atom is -0.383 e. The second-order valence-electron chi connectivity index (χ2n) is 4.88. The van der Waals surface area contributed by atoms with Crippen molar-refractivity contribution >= 4 is 17.8 Å². The summed E-state index contributed by atoms with van der Waals surface area (Å²) >= 11 is 0. The highest BCUT2D eigenvalue weighted by molar-refractivity contribution is 5.44. The molecule has 1 heterocycles. The Balaban J connectivity index is 2.96. The van der Waals surface area contributed by atoms with Gasteiger partial charge in [0.15, 0.2) is 0 Å². The van der Waals surface area contributed by atoms with Crippen LogP contribution in [0.15, 0.2) is 0 Å². The zero-order valence-electron chi connectivity index (χ0n) is 13.8. The van der Waals surface area contributed by atoms with E-state index in [0.717, 1.165) is 26.1 Å². The number of rotatable bonds is 10. The number of anilines is 3. The molecule has 2 N–H and O–H groups in total. The number of aromatic nitrogens is 3. The molecule has 1 rings (SSSR count). The Morgan fingerprint density at radius 3 is 2.33 bits per heavy atom.